The number of benzene rings is 3. The molecule has 11 heteroatoms. The molecule has 7 rings (SSSR count). The molecule has 4 aliphatic rings. The minimum atomic E-state index is -5.02. The zero-order valence-corrected chi connectivity index (χ0v) is 30.7. The van der Waals surface area contributed by atoms with Gasteiger partial charge in [-0.3, -0.25) is 14.5 Å². The van der Waals surface area contributed by atoms with Gasteiger partial charge in [0.1, 0.15) is 6.04 Å². The van der Waals surface area contributed by atoms with Gasteiger partial charge in [-0.05, 0) is 70.8 Å². The zero-order chi connectivity index (χ0) is 37.5. The predicted molar refractivity (Wildman–Crippen MR) is 194 cm³/mol. The Bertz CT molecular complexity index is 1780. The summed E-state index contributed by atoms with van der Waals surface area (Å²) in [6.45, 7) is 9.10. The number of aliphatic hydroxyl groups is 1. The fourth-order valence-electron chi connectivity index (χ4n) is 9.61. The molecule has 2 bridgehead atoms. The highest BCUT2D eigenvalue weighted by atomic mass is 19.4. The third-order valence-corrected chi connectivity index (χ3v) is 11.6. The van der Waals surface area contributed by atoms with Gasteiger partial charge in [0, 0.05) is 44.2 Å². The van der Waals surface area contributed by atoms with Gasteiger partial charge < -0.3 is 24.8 Å². The van der Waals surface area contributed by atoms with Gasteiger partial charge in [0.25, 0.3) is 0 Å². The van der Waals surface area contributed by atoms with E-state index in [4.69, 9.17) is 9.47 Å². The van der Waals surface area contributed by atoms with Crippen molar-refractivity contribution in [2.75, 3.05) is 19.6 Å². The lowest BCUT2D eigenvalue weighted by molar-refractivity contribution is -0.253. The number of hydrogen-bond acceptors (Lipinski definition) is 6. The maximum atomic E-state index is 13.1. The van der Waals surface area contributed by atoms with Crippen molar-refractivity contribution in [3.05, 3.63) is 95.1 Å². The highest BCUT2D eigenvalue weighted by Crippen LogP contribution is 2.53. The van der Waals surface area contributed by atoms with Crippen molar-refractivity contribution in [2.45, 2.75) is 109 Å². The Morgan fingerprint density at radius 1 is 0.943 bits per heavy atom. The van der Waals surface area contributed by atoms with Crippen LogP contribution in [0.5, 0.6) is 0 Å². The van der Waals surface area contributed by atoms with Crippen molar-refractivity contribution in [2.24, 2.45) is 10.8 Å². The minimum Gasteiger partial charge on any atom is -0.392 e. The maximum Gasteiger partial charge on any atom is 0.471 e. The Labute approximate surface area is 309 Å². The van der Waals surface area contributed by atoms with Crippen molar-refractivity contribution in [1.82, 2.24) is 15.1 Å². The van der Waals surface area contributed by atoms with E-state index in [-0.39, 0.29) is 38.3 Å². The number of nitrogens with zero attached hydrogens (tertiary/aromatic N) is 2. The van der Waals surface area contributed by atoms with Crippen molar-refractivity contribution in [3.8, 4) is 11.1 Å². The molecular formula is C42H50F3N3O5. The summed E-state index contributed by atoms with van der Waals surface area (Å²) in [6.07, 6.45) is -0.969. The molecule has 53 heavy (non-hydrogen) atoms. The van der Waals surface area contributed by atoms with E-state index in [0.29, 0.717) is 28.2 Å². The van der Waals surface area contributed by atoms with Crippen LogP contribution in [0.1, 0.15) is 93.9 Å². The number of carbonyl (C=O) groups excluding carboxylic acids is 2. The molecule has 8 nitrogen and oxygen atoms in total. The van der Waals surface area contributed by atoms with Crippen LogP contribution in [0.2, 0.25) is 0 Å². The summed E-state index contributed by atoms with van der Waals surface area (Å²) in [4.78, 5) is 28.2. The van der Waals surface area contributed by atoms with Crippen molar-refractivity contribution < 1.29 is 37.3 Å². The zero-order valence-electron chi connectivity index (χ0n) is 30.7. The third kappa shape index (κ3) is 8.33. The number of rotatable bonds is 9. The molecule has 4 fully saturated rings. The first-order valence-electron chi connectivity index (χ1n) is 18.8. The van der Waals surface area contributed by atoms with Crippen LogP contribution in [0.25, 0.3) is 11.1 Å². The van der Waals surface area contributed by atoms with Gasteiger partial charge in [0.2, 0.25) is 5.91 Å². The summed E-state index contributed by atoms with van der Waals surface area (Å²) in [5.74, 6) is -2.57. The third-order valence-electron chi connectivity index (χ3n) is 11.6. The van der Waals surface area contributed by atoms with E-state index >= 15 is 0 Å². The average Bonchev–Trinajstić information content (AvgIpc) is 3.71. The molecule has 0 radical (unpaired) electrons. The summed E-state index contributed by atoms with van der Waals surface area (Å²) in [6, 6.07) is 22.8. The quantitative estimate of drug-likeness (QED) is 0.237. The molecule has 1 aliphatic carbocycles. The number of likely N-dealkylation sites (tertiary alicyclic amines) is 2. The molecule has 6 atom stereocenters. The number of aliphatic hydroxyl groups excluding tert-OH is 1. The smallest absolute Gasteiger partial charge is 0.392 e. The molecule has 1 saturated carbocycles. The molecule has 284 valence electrons. The van der Waals surface area contributed by atoms with Crippen LogP contribution >= 0.6 is 0 Å². The molecule has 3 aromatic carbocycles. The standard InChI is InChI=1S/C42H50F3N3O5/c1-40(2)20-32-21-41(3,25-40)26-47(32)23-33-19-36(29-12-10-27(24-49)11-13-29)53-38(52-33)30-16-14-28(15-17-30)34-8-5-4-7-31(34)22-46-37(50)35-9-6-18-48(35)39(51)42(43,44)45/h4-5,7-8,10-17,32-33,35-36,38,49H,6,9,18-26H2,1-3H3,(H,46,50)/t32?,33-,35+,36+,38+,41?/m1/s1. The average molecular weight is 734 g/mol. The van der Waals surface area contributed by atoms with E-state index in [1.54, 1.807) is 0 Å². The summed E-state index contributed by atoms with van der Waals surface area (Å²) in [5.41, 5.74) is 5.98. The van der Waals surface area contributed by atoms with Crippen molar-refractivity contribution >= 4 is 11.8 Å². The highest BCUT2D eigenvalue weighted by molar-refractivity contribution is 5.90. The number of alkyl halides is 3. The lowest BCUT2D eigenvalue weighted by Crippen LogP contribution is -2.50. The first-order chi connectivity index (χ1) is 25.2. The van der Waals surface area contributed by atoms with E-state index in [1.165, 1.54) is 19.3 Å². The Hall–Kier alpha value is -3.77. The van der Waals surface area contributed by atoms with Crippen LogP contribution in [0.4, 0.5) is 13.2 Å². The van der Waals surface area contributed by atoms with Gasteiger partial charge in [-0.15, -0.1) is 0 Å². The van der Waals surface area contributed by atoms with E-state index < -0.39 is 30.3 Å². The molecule has 0 spiro atoms. The van der Waals surface area contributed by atoms with E-state index in [9.17, 15) is 27.9 Å². The topological polar surface area (TPSA) is 91.3 Å². The Morgan fingerprint density at radius 3 is 2.38 bits per heavy atom. The number of nitrogens with one attached hydrogen (secondary N) is 1. The largest absolute Gasteiger partial charge is 0.471 e. The van der Waals surface area contributed by atoms with E-state index in [1.807, 2.05) is 72.8 Å². The molecule has 3 saturated heterocycles. The molecule has 2 unspecified atom stereocenters. The second-order valence-electron chi connectivity index (χ2n) is 16.6. The summed E-state index contributed by atoms with van der Waals surface area (Å²) >= 11 is 0. The summed E-state index contributed by atoms with van der Waals surface area (Å²) < 4.78 is 52.8. The minimum absolute atomic E-state index is 0.0183. The Morgan fingerprint density at radius 2 is 1.66 bits per heavy atom. The number of carbonyl (C=O) groups is 2. The maximum absolute atomic E-state index is 13.1. The molecule has 0 aromatic heterocycles. The molecular weight excluding hydrogens is 683 g/mol. The normalized spacial score (nSPS) is 28.6. The second-order valence-corrected chi connectivity index (χ2v) is 16.6. The first kappa shape index (κ1) is 37.5. The molecule has 3 aromatic rings. The number of halogens is 3. The Balaban J connectivity index is 1.06. The van der Waals surface area contributed by atoms with Crippen LogP contribution < -0.4 is 5.32 Å². The molecule has 3 heterocycles. The fourth-order valence-corrected chi connectivity index (χ4v) is 9.61. The number of hydrogen-bond donors (Lipinski definition) is 2. The van der Waals surface area contributed by atoms with Gasteiger partial charge >= 0.3 is 12.1 Å². The monoisotopic (exact) mass is 733 g/mol. The van der Waals surface area contributed by atoms with Crippen LogP contribution in [-0.4, -0.2) is 70.7 Å². The summed E-state index contributed by atoms with van der Waals surface area (Å²) in [5, 5.41) is 12.4. The number of ether oxygens (including phenoxy) is 2. The lowest BCUT2D eigenvalue weighted by atomic mass is 9.65. The van der Waals surface area contributed by atoms with Crippen LogP contribution in [0.15, 0.2) is 72.8 Å². The van der Waals surface area contributed by atoms with Crippen molar-refractivity contribution in [3.63, 3.8) is 0 Å². The molecule has 2 amide bonds. The van der Waals surface area contributed by atoms with Crippen LogP contribution in [0, 0.1) is 10.8 Å². The van der Waals surface area contributed by atoms with E-state index in [2.05, 4.69) is 31.0 Å². The van der Waals surface area contributed by atoms with Crippen LogP contribution in [0.3, 0.4) is 0 Å². The number of fused-ring (bicyclic) bond motifs is 2. The van der Waals surface area contributed by atoms with Gasteiger partial charge in [0.05, 0.1) is 18.8 Å². The molecule has 2 N–H and O–H groups in total. The predicted octanol–water partition coefficient (Wildman–Crippen LogP) is 7.46. The summed E-state index contributed by atoms with van der Waals surface area (Å²) in [7, 11) is 0. The van der Waals surface area contributed by atoms with E-state index in [0.717, 1.165) is 52.9 Å². The lowest BCUT2D eigenvalue weighted by Gasteiger charge is -2.41. The van der Waals surface area contributed by atoms with Crippen LogP contribution in [-0.2, 0) is 32.2 Å². The van der Waals surface area contributed by atoms with Crippen molar-refractivity contribution in [1.29, 1.82) is 0 Å². The number of amides is 2. The second kappa shape index (κ2) is 14.8. The first-order valence-corrected chi connectivity index (χ1v) is 18.8. The fraction of sp³-hybridized carbons (Fsp3) is 0.524. The van der Waals surface area contributed by atoms with Gasteiger partial charge in [-0.25, -0.2) is 0 Å². The van der Waals surface area contributed by atoms with Gasteiger partial charge in [0.15, 0.2) is 6.29 Å². The molecule has 3 aliphatic heterocycles. The van der Waals surface area contributed by atoms with Gasteiger partial charge in [-0.1, -0.05) is 93.6 Å². The highest BCUT2D eigenvalue weighted by Gasteiger charge is 2.50. The van der Waals surface area contributed by atoms with Gasteiger partial charge in [-0.2, -0.15) is 13.2 Å². The SMILES string of the molecule is CC1(C)CC2CC(C)(CN2C[C@H]2C[C@@H](c3ccc(CO)cc3)O[C@@H](c3ccc(-c4ccccc4CNC(=O)[C@@H]4CCCN4C(=O)C(F)(F)F)cc3)O2)C1. The Kier molecular flexibility index (Phi) is 10.5.